The molecule has 0 bridgehead atoms. The minimum absolute atomic E-state index is 0.0420. The van der Waals surface area contributed by atoms with Crippen LogP contribution in [0, 0.1) is 10.1 Å². The molecular formula is C12H9ClN4O4. The van der Waals surface area contributed by atoms with Gasteiger partial charge in [-0.05, 0) is 18.2 Å². The van der Waals surface area contributed by atoms with Gasteiger partial charge in [0, 0.05) is 12.3 Å². The van der Waals surface area contributed by atoms with Gasteiger partial charge in [0.2, 0.25) is 11.6 Å². The van der Waals surface area contributed by atoms with Gasteiger partial charge >= 0.3 is 5.69 Å². The summed E-state index contributed by atoms with van der Waals surface area (Å²) in [6.45, 7) is 0. The first kappa shape index (κ1) is 14.5. The Balaban J connectivity index is 2.52. The number of hydrogen-bond acceptors (Lipinski definition) is 6. The van der Waals surface area contributed by atoms with Crippen LogP contribution in [0.4, 0.5) is 5.69 Å². The molecule has 0 radical (unpaired) electrons. The van der Waals surface area contributed by atoms with E-state index in [0.29, 0.717) is 0 Å². The summed E-state index contributed by atoms with van der Waals surface area (Å²) in [7, 11) is 0. The molecule has 2 rings (SSSR count). The third kappa shape index (κ3) is 3.00. The first-order valence-electron chi connectivity index (χ1n) is 5.58. The van der Waals surface area contributed by atoms with Crippen molar-refractivity contribution in [2.24, 2.45) is 10.9 Å². The summed E-state index contributed by atoms with van der Waals surface area (Å²) in [6, 6.07) is 7.14. The number of para-hydroxylation sites is 1. The smallest absolute Gasteiger partial charge is 0.313 e. The summed E-state index contributed by atoms with van der Waals surface area (Å²) in [5.41, 5.74) is 5.35. The normalized spacial score (nSPS) is 11.2. The quantitative estimate of drug-likeness (QED) is 0.294. The molecule has 108 valence electrons. The van der Waals surface area contributed by atoms with E-state index in [2.05, 4.69) is 10.1 Å². The molecule has 0 fully saturated rings. The number of ether oxygens (including phenoxy) is 1. The van der Waals surface area contributed by atoms with E-state index in [4.69, 9.17) is 27.3 Å². The molecule has 0 atom stereocenters. The molecule has 0 saturated carbocycles. The number of hydrogen-bond donors (Lipinski definition) is 2. The molecule has 0 saturated heterocycles. The van der Waals surface area contributed by atoms with E-state index < -0.39 is 4.92 Å². The average molecular weight is 309 g/mol. The van der Waals surface area contributed by atoms with Crippen LogP contribution in [-0.2, 0) is 0 Å². The number of nitro benzene ring substituents is 1. The van der Waals surface area contributed by atoms with Crippen molar-refractivity contribution in [3.63, 3.8) is 0 Å². The molecule has 0 aliphatic carbocycles. The van der Waals surface area contributed by atoms with Crippen molar-refractivity contribution >= 4 is 23.1 Å². The number of rotatable bonds is 4. The predicted octanol–water partition coefficient (Wildman–Crippen LogP) is 2.53. The maximum absolute atomic E-state index is 11.0. The number of aromatic nitrogens is 1. The van der Waals surface area contributed by atoms with Gasteiger partial charge in [-0.25, -0.2) is 4.98 Å². The molecule has 0 aliphatic rings. The lowest BCUT2D eigenvalue weighted by atomic mass is 10.2. The minimum atomic E-state index is -0.632. The lowest BCUT2D eigenvalue weighted by Gasteiger charge is -2.10. The zero-order valence-electron chi connectivity index (χ0n) is 10.4. The Morgan fingerprint density at radius 2 is 2.19 bits per heavy atom. The van der Waals surface area contributed by atoms with Crippen LogP contribution < -0.4 is 10.5 Å². The van der Waals surface area contributed by atoms with Gasteiger partial charge in [0.15, 0.2) is 5.84 Å². The molecule has 0 spiro atoms. The van der Waals surface area contributed by atoms with Crippen LogP contribution in [0.1, 0.15) is 5.56 Å². The summed E-state index contributed by atoms with van der Waals surface area (Å²) in [4.78, 5) is 14.3. The molecule has 21 heavy (non-hydrogen) atoms. The highest BCUT2D eigenvalue weighted by Crippen LogP contribution is 2.37. The van der Waals surface area contributed by atoms with Crippen molar-refractivity contribution in [3.8, 4) is 11.6 Å². The summed E-state index contributed by atoms with van der Waals surface area (Å²) in [5.74, 6) is -0.480. The Hall–Kier alpha value is -2.87. The molecule has 1 aromatic heterocycles. The van der Waals surface area contributed by atoms with Crippen LogP contribution >= 0.6 is 11.6 Å². The fraction of sp³-hybridized carbons (Fsp3) is 0. The van der Waals surface area contributed by atoms with Crippen molar-refractivity contribution in [3.05, 3.63) is 57.2 Å². The van der Waals surface area contributed by atoms with E-state index in [0.717, 1.165) is 0 Å². The van der Waals surface area contributed by atoms with Crippen molar-refractivity contribution in [2.75, 3.05) is 0 Å². The van der Waals surface area contributed by atoms with Crippen molar-refractivity contribution in [1.82, 2.24) is 4.98 Å². The number of amidine groups is 1. The van der Waals surface area contributed by atoms with E-state index in [1.54, 1.807) is 6.07 Å². The van der Waals surface area contributed by atoms with Gasteiger partial charge in [0.25, 0.3) is 0 Å². The van der Waals surface area contributed by atoms with E-state index in [-0.39, 0.29) is 33.7 Å². The van der Waals surface area contributed by atoms with E-state index >= 15 is 0 Å². The lowest BCUT2D eigenvalue weighted by molar-refractivity contribution is -0.385. The minimum Gasteiger partial charge on any atom is -0.429 e. The van der Waals surface area contributed by atoms with E-state index in [9.17, 15) is 10.1 Å². The van der Waals surface area contributed by atoms with Crippen molar-refractivity contribution in [1.29, 1.82) is 0 Å². The Kier molecular flexibility index (Phi) is 4.19. The lowest BCUT2D eigenvalue weighted by Crippen LogP contribution is -2.14. The summed E-state index contributed by atoms with van der Waals surface area (Å²) in [5, 5.41) is 22.6. The second-order valence-corrected chi connectivity index (χ2v) is 4.20. The third-order valence-electron chi connectivity index (χ3n) is 2.50. The topological polar surface area (TPSA) is 124 Å². The standard InChI is InChI=1S/C12H9ClN4O4/c13-8-4-1-5-9(17(19)20)10(8)21-12-7(11(14)16-18)3-2-6-15-12/h1-6,18H,(H2,14,16). The fourth-order valence-electron chi connectivity index (χ4n) is 1.56. The number of nitrogens with zero attached hydrogens (tertiary/aromatic N) is 3. The molecule has 2 aromatic rings. The highest BCUT2D eigenvalue weighted by Gasteiger charge is 2.21. The predicted molar refractivity (Wildman–Crippen MR) is 74.9 cm³/mol. The van der Waals surface area contributed by atoms with Gasteiger partial charge in [-0.15, -0.1) is 0 Å². The number of benzene rings is 1. The van der Waals surface area contributed by atoms with Crippen LogP contribution in [-0.4, -0.2) is 21.0 Å². The van der Waals surface area contributed by atoms with Crippen LogP contribution in [0.15, 0.2) is 41.7 Å². The summed E-state index contributed by atoms with van der Waals surface area (Å²) >= 11 is 5.92. The molecular weight excluding hydrogens is 300 g/mol. The maximum Gasteiger partial charge on any atom is 0.313 e. The van der Waals surface area contributed by atoms with Gasteiger partial charge in [-0.3, -0.25) is 10.1 Å². The van der Waals surface area contributed by atoms with Gasteiger partial charge in [-0.2, -0.15) is 0 Å². The number of oxime groups is 1. The maximum atomic E-state index is 11.0. The van der Waals surface area contributed by atoms with Gasteiger partial charge in [0.1, 0.15) is 0 Å². The molecule has 0 aliphatic heterocycles. The highest BCUT2D eigenvalue weighted by atomic mass is 35.5. The number of nitrogens with two attached hydrogens (primary N) is 1. The first-order chi connectivity index (χ1) is 10.0. The van der Waals surface area contributed by atoms with E-state index in [1.807, 2.05) is 0 Å². The summed E-state index contributed by atoms with van der Waals surface area (Å²) < 4.78 is 5.40. The Labute approximate surface area is 123 Å². The van der Waals surface area contributed by atoms with E-state index in [1.165, 1.54) is 30.5 Å². The molecule has 1 aromatic carbocycles. The number of pyridine rings is 1. The average Bonchev–Trinajstić information content (AvgIpc) is 2.48. The number of halogens is 1. The van der Waals surface area contributed by atoms with Gasteiger partial charge in [0.05, 0.1) is 15.5 Å². The Morgan fingerprint density at radius 3 is 2.86 bits per heavy atom. The van der Waals surface area contributed by atoms with Crippen LogP contribution in [0.3, 0.4) is 0 Å². The van der Waals surface area contributed by atoms with Gasteiger partial charge in [-0.1, -0.05) is 22.8 Å². The molecule has 8 nitrogen and oxygen atoms in total. The zero-order valence-corrected chi connectivity index (χ0v) is 11.2. The van der Waals surface area contributed by atoms with Gasteiger partial charge < -0.3 is 15.7 Å². The monoisotopic (exact) mass is 308 g/mol. The summed E-state index contributed by atoms with van der Waals surface area (Å²) in [6.07, 6.45) is 1.40. The Morgan fingerprint density at radius 1 is 1.43 bits per heavy atom. The largest absolute Gasteiger partial charge is 0.429 e. The molecule has 3 N–H and O–H groups in total. The Bertz CT molecular complexity index is 720. The second-order valence-electron chi connectivity index (χ2n) is 3.79. The molecule has 0 amide bonds. The fourth-order valence-corrected chi connectivity index (χ4v) is 1.77. The molecule has 9 heteroatoms. The zero-order chi connectivity index (χ0) is 15.4. The van der Waals surface area contributed by atoms with Crippen LogP contribution in [0.25, 0.3) is 0 Å². The first-order valence-corrected chi connectivity index (χ1v) is 5.96. The van der Waals surface area contributed by atoms with Crippen molar-refractivity contribution < 1.29 is 14.9 Å². The third-order valence-corrected chi connectivity index (χ3v) is 2.79. The van der Waals surface area contributed by atoms with Crippen LogP contribution in [0.2, 0.25) is 5.02 Å². The number of nitro groups is 1. The van der Waals surface area contributed by atoms with Crippen LogP contribution in [0.5, 0.6) is 11.6 Å². The second kappa shape index (κ2) is 6.06. The molecule has 1 heterocycles. The molecule has 0 unspecified atom stereocenters. The highest BCUT2D eigenvalue weighted by molar-refractivity contribution is 6.32. The van der Waals surface area contributed by atoms with Crippen molar-refractivity contribution in [2.45, 2.75) is 0 Å². The SMILES string of the molecule is N/C(=N/O)c1cccnc1Oc1c(Cl)cccc1[N+](=O)[O-].